The number of fused-ring (bicyclic) bond motifs is 2. The van der Waals surface area contributed by atoms with E-state index in [0.29, 0.717) is 44.1 Å². The summed E-state index contributed by atoms with van der Waals surface area (Å²) in [6.45, 7) is 4.00. The number of furan rings is 1. The van der Waals surface area contributed by atoms with Gasteiger partial charge >= 0.3 is 0 Å². The Morgan fingerprint density at radius 2 is 1.63 bits per heavy atom. The lowest BCUT2D eigenvalue weighted by Gasteiger charge is -2.18. The molecular formula is C32H26F2N4O4S. The van der Waals surface area contributed by atoms with Gasteiger partial charge < -0.3 is 24.2 Å². The first-order valence-electron chi connectivity index (χ1n) is 12.7. The summed E-state index contributed by atoms with van der Waals surface area (Å²) in [6, 6.07) is 18.2. The highest BCUT2D eigenvalue weighted by Gasteiger charge is 2.24. The average Bonchev–Trinajstić information content (AvgIpc) is 3.64. The lowest BCUT2D eigenvalue weighted by atomic mass is 9.97. The third-order valence-electron chi connectivity index (χ3n) is 6.52. The molecule has 11 heteroatoms. The number of carbonyl (C=O) groups is 3. The molecule has 6 rings (SSSR count). The quantitative estimate of drug-likeness (QED) is 0.233. The lowest BCUT2D eigenvalue weighted by molar-refractivity contribution is -0.0987. The number of thiazole rings is 1. The summed E-state index contributed by atoms with van der Waals surface area (Å²) in [5.74, 6) is -0.769. The van der Waals surface area contributed by atoms with Gasteiger partial charge in [-0.1, -0.05) is 6.07 Å². The molecule has 218 valence electrons. The van der Waals surface area contributed by atoms with Crippen molar-refractivity contribution >= 4 is 57.8 Å². The van der Waals surface area contributed by atoms with Crippen LogP contribution in [0.25, 0.3) is 54.3 Å². The molecule has 43 heavy (non-hydrogen) atoms. The first-order chi connectivity index (χ1) is 20.8. The van der Waals surface area contributed by atoms with Gasteiger partial charge in [-0.3, -0.25) is 4.79 Å². The van der Waals surface area contributed by atoms with E-state index < -0.39 is 5.82 Å². The molecule has 0 radical (unpaired) electrons. The maximum absolute atomic E-state index is 15.1. The molecule has 0 saturated carbocycles. The van der Waals surface area contributed by atoms with E-state index >= 15 is 4.39 Å². The first-order valence-corrected chi connectivity index (χ1v) is 13.5. The van der Waals surface area contributed by atoms with Crippen LogP contribution in [0, 0.1) is 11.6 Å². The van der Waals surface area contributed by atoms with E-state index in [1.54, 1.807) is 37.5 Å². The van der Waals surface area contributed by atoms with Gasteiger partial charge in [-0.25, -0.2) is 18.7 Å². The molecule has 6 aromatic rings. The van der Waals surface area contributed by atoms with Crippen molar-refractivity contribution in [3.8, 4) is 33.0 Å². The number of carbonyl (C=O) groups excluding carboxylic acids is 3. The van der Waals surface area contributed by atoms with Crippen LogP contribution in [0.2, 0.25) is 0 Å². The summed E-state index contributed by atoms with van der Waals surface area (Å²) in [7, 11) is 5.35. The van der Waals surface area contributed by atoms with Gasteiger partial charge in [0.15, 0.2) is 5.65 Å². The molecule has 0 unspecified atom stereocenters. The summed E-state index contributed by atoms with van der Waals surface area (Å²) in [4.78, 5) is 39.8. The number of nitrogens with zero attached hydrogens (tertiary/aromatic N) is 3. The van der Waals surface area contributed by atoms with Gasteiger partial charge in [-0.05, 0) is 60.2 Å². The number of rotatable bonds is 5. The van der Waals surface area contributed by atoms with Crippen molar-refractivity contribution in [3.63, 3.8) is 0 Å². The maximum Gasteiger partial charge on any atom is 0.255 e. The van der Waals surface area contributed by atoms with E-state index in [9.17, 15) is 9.18 Å². The maximum atomic E-state index is 15.1. The van der Waals surface area contributed by atoms with E-state index in [2.05, 4.69) is 15.3 Å². The second kappa shape index (κ2) is 13.1. The van der Waals surface area contributed by atoms with E-state index in [4.69, 9.17) is 14.0 Å². The van der Waals surface area contributed by atoms with Crippen molar-refractivity contribution < 1.29 is 27.6 Å². The topological polar surface area (TPSA) is 105 Å². The van der Waals surface area contributed by atoms with Gasteiger partial charge in [0.05, 0.1) is 10.3 Å². The van der Waals surface area contributed by atoms with Crippen LogP contribution < -0.4 is 10.2 Å². The minimum atomic E-state index is -0.391. The number of hydrogen-bond donors (Lipinski definition) is 1. The number of benzene rings is 3. The number of halogens is 2. The first kappa shape index (κ1) is 30.7. The van der Waals surface area contributed by atoms with Gasteiger partial charge in [-0.15, -0.1) is 11.3 Å². The molecule has 0 aliphatic rings. The fourth-order valence-electron chi connectivity index (χ4n) is 4.63. The lowest BCUT2D eigenvalue weighted by Crippen LogP contribution is -2.18. The van der Waals surface area contributed by atoms with Crippen LogP contribution in [0.5, 0.6) is 0 Å². The Balaban J connectivity index is 0.00000102. The molecule has 0 spiro atoms. The summed E-state index contributed by atoms with van der Waals surface area (Å²) < 4.78 is 35.8. The van der Waals surface area contributed by atoms with E-state index in [-0.39, 0.29) is 11.7 Å². The SMILES string of the molecule is C=O.C=O.CNC(=O)c1c(-c2ccc(F)cc2)oc2cc(N(C)C)c(-c3ccc(F)c(-c4nc5ncccc5s4)c3)cc12. The van der Waals surface area contributed by atoms with Crippen molar-refractivity contribution in [2.75, 3.05) is 26.0 Å². The standard InChI is InChI=1S/C30H22F2N4O2S.2CH2O/c1-33-29(37)26-21-14-19(23(36(2)3)15-24(21)38-27(26)16-6-9-18(31)10-7-16)17-8-11-22(32)20(13-17)30-35-28-25(39-30)5-4-12-34-28;2*1-2/h4-15H,1-3H3,(H,33,37);2*1H2. The normalized spacial score (nSPS) is 10.4. The molecule has 3 aromatic heterocycles. The van der Waals surface area contributed by atoms with Gasteiger partial charge in [0.25, 0.3) is 5.91 Å². The Bertz CT molecular complexity index is 1880. The largest absolute Gasteiger partial charge is 0.455 e. The highest BCUT2D eigenvalue weighted by molar-refractivity contribution is 7.21. The highest BCUT2D eigenvalue weighted by Crippen LogP contribution is 2.42. The highest BCUT2D eigenvalue weighted by atomic mass is 32.1. The van der Waals surface area contributed by atoms with Crippen molar-refractivity contribution in [2.24, 2.45) is 0 Å². The molecule has 0 aliphatic carbocycles. The van der Waals surface area contributed by atoms with Crippen LogP contribution in [0.15, 0.2) is 77.3 Å². The van der Waals surface area contributed by atoms with Crippen LogP contribution in [-0.2, 0) is 9.59 Å². The van der Waals surface area contributed by atoms with Crippen LogP contribution in [0.1, 0.15) is 10.4 Å². The van der Waals surface area contributed by atoms with Crippen molar-refractivity contribution in [1.82, 2.24) is 15.3 Å². The number of amides is 1. The Hall–Kier alpha value is -5.29. The van der Waals surface area contributed by atoms with Crippen LogP contribution >= 0.6 is 11.3 Å². The van der Waals surface area contributed by atoms with Crippen molar-refractivity contribution in [3.05, 3.63) is 90.1 Å². The molecule has 1 amide bonds. The van der Waals surface area contributed by atoms with Gasteiger partial charge in [0.2, 0.25) is 0 Å². The monoisotopic (exact) mass is 600 g/mol. The molecule has 0 fully saturated rings. The predicted molar refractivity (Wildman–Crippen MR) is 165 cm³/mol. The Kier molecular flexibility index (Phi) is 9.36. The molecule has 1 N–H and O–H groups in total. The Labute approximate surface area is 249 Å². The number of aromatic nitrogens is 2. The zero-order valence-electron chi connectivity index (χ0n) is 23.5. The second-order valence-electron chi connectivity index (χ2n) is 9.19. The van der Waals surface area contributed by atoms with Crippen LogP contribution in [0.3, 0.4) is 0 Å². The molecule has 0 atom stereocenters. The van der Waals surface area contributed by atoms with E-state index in [0.717, 1.165) is 21.5 Å². The summed E-state index contributed by atoms with van der Waals surface area (Å²) in [6.07, 6.45) is 1.66. The molecule has 0 bridgehead atoms. The fraction of sp³-hybridized carbons (Fsp3) is 0.0938. The third-order valence-corrected chi connectivity index (χ3v) is 7.56. The molecule has 0 aliphatic heterocycles. The van der Waals surface area contributed by atoms with Crippen molar-refractivity contribution in [1.29, 1.82) is 0 Å². The predicted octanol–water partition coefficient (Wildman–Crippen LogP) is 6.77. The summed E-state index contributed by atoms with van der Waals surface area (Å²) in [5, 5.41) is 3.80. The number of hydrogen-bond acceptors (Lipinski definition) is 8. The minimum Gasteiger partial charge on any atom is -0.455 e. The van der Waals surface area contributed by atoms with Crippen LogP contribution in [-0.4, -0.2) is 50.6 Å². The van der Waals surface area contributed by atoms with Crippen molar-refractivity contribution in [2.45, 2.75) is 0 Å². The molecule has 0 saturated heterocycles. The smallest absolute Gasteiger partial charge is 0.255 e. The minimum absolute atomic E-state index is 0.335. The molecule has 8 nitrogen and oxygen atoms in total. The zero-order valence-corrected chi connectivity index (χ0v) is 24.3. The molecular weight excluding hydrogens is 574 g/mol. The Morgan fingerprint density at radius 1 is 0.930 bits per heavy atom. The number of anilines is 1. The Morgan fingerprint density at radius 3 is 2.28 bits per heavy atom. The second-order valence-corrected chi connectivity index (χ2v) is 10.2. The summed E-state index contributed by atoms with van der Waals surface area (Å²) >= 11 is 1.37. The third kappa shape index (κ3) is 5.88. The van der Waals surface area contributed by atoms with Gasteiger partial charge in [0.1, 0.15) is 41.6 Å². The number of pyridine rings is 1. The molecule has 3 aromatic carbocycles. The van der Waals surface area contributed by atoms with Crippen LogP contribution in [0.4, 0.5) is 14.5 Å². The zero-order chi connectivity index (χ0) is 31.3. The number of nitrogens with one attached hydrogen (secondary N) is 1. The van der Waals surface area contributed by atoms with E-state index in [1.807, 2.05) is 56.8 Å². The summed E-state index contributed by atoms with van der Waals surface area (Å²) in [5.41, 5.74) is 4.69. The van der Waals surface area contributed by atoms with Gasteiger partial charge in [-0.2, -0.15) is 0 Å². The fourth-order valence-corrected chi connectivity index (χ4v) is 5.57. The van der Waals surface area contributed by atoms with Gasteiger partial charge in [0, 0.05) is 61.2 Å². The molecule has 3 heterocycles. The average molecular weight is 601 g/mol. The van der Waals surface area contributed by atoms with E-state index in [1.165, 1.54) is 29.5 Å².